The first-order valence-electron chi connectivity index (χ1n) is 11.7. The standard InChI is InChI=1S/C25H26FN5O3S2/c1-36(33,34)16-7-8-17(18(26)11-16)21-13-27-14-24(29-21)28-12-15-6-9-20-23(10-15)35-25(31-20)30-19-4-2-3-5-22(19)32/h6-11,13-14,19,22,32H,2-5,12H2,1H3,(H,28,29)(H,30,31)/t19?,22-/m1/s1. The maximum atomic E-state index is 14.6. The zero-order valence-electron chi connectivity index (χ0n) is 19.6. The van der Waals surface area contributed by atoms with Crippen molar-refractivity contribution >= 4 is 42.3 Å². The van der Waals surface area contributed by atoms with Gasteiger partial charge in [0.05, 0.1) is 45.3 Å². The summed E-state index contributed by atoms with van der Waals surface area (Å²) in [5.41, 5.74) is 2.39. The largest absolute Gasteiger partial charge is 0.391 e. The highest BCUT2D eigenvalue weighted by molar-refractivity contribution is 7.90. The molecule has 1 unspecified atom stereocenters. The number of aliphatic hydroxyl groups is 1. The van der Waals surface area contributed by atoms with E-state index in [1.807, 2.05) is 12.1 Å². The Balaban J connectivity index is 1.28. The van der Waals surface area contributed by atoms with Crippen LogP contribution in [0.15, 0.2) is 53.7 Å². The Hall–Kier alpha value is -3.15. The number of hydrogen-bond acceptors (Lipinski definition) is 9. The molecule has 1 aliphatic rings. The summed E-state index contributed by atoms with van der Waals surface area (Å²) in [6.45, 7) is 0.478. The molecule has 0 aliphatic heterocycles. The van der Waals surface area contributed by atoms with Gasteiger partial charge in [-0.15, -0.1) is 0 Å². The quantitative estimate of drug-likeness (QED) is 0.319. The van der Waals surface area contributed by atoms with Crippen molar-refractivity contribution < 1.29 is 17.9 Å². The van der Waals surface area contributed by atoms with Crippen LogP contribution in [-0.2, 0) is 16.4 Å². The Kier molecular flexibility index (Phi) is 6.87. The van der Waals surface area contributed by atoms with Crippen LogP contribution in [0.25, 0.3) is 21.5 Å². The molecule has 2 heterocycles. The predicted molar refractivity (Wildman–Crippen MR) is 139 cm³/mol. The number of nitrogens with zero attached hydrogens (tertiary/aromatic N) is 3. The van der Waals surface area contributed by atoms with Gasteiger partial charge in [-0.05, 0) is 48.7 Å². The molecule has 0 saturated heterocycles. The fourth-order valence-electron chi connectivity index (χ4n) is 4.29. The molecule has 8 nitrogen and oxygen atoms in total. The van der Waals surface area contributed by atoms with Crippen LogP contribution in [0.3, 0.4) is 0 Å². The molecule has 0 spiro atoms. The molecule has 188 valence electrons. The number of hydrogen-bond donors (Lipinski definition) is 3. The monoisotopic (exact) mass is 527 g/mol. The molecular weight excluding hydrogens is 501 g/mol. The van der Waals surface area contributed by atoms with Crippen molar-refractivity contribution in [2.45, 2.75) is 49.3 Å². The van der Waals surface area contributed by atoms with Crippen molar-refractivity contribution in [3.63, 3.8) is 0 Å². The van der Waals surface area contributed by atoms with E-state index >= 15 is 0 Å². The van der Waals surface area contributed by atoms with Crippen molar-refractivity contribution in [2.24, 2.45) is 0 Å². The van der Waals surface area contributed by atoms with Crippen LogP contribution in [0.1, 0.15) is 31.2 Å². The second-order valence-electron chi connectivity index (χ2n) is 8.98. The maximum absolute atomic E-state index is 14.6. The second kappa shape index (κ2) is 10.1. The van der Waals surface area contributed by atoms with Gasteiger partial charge in [0, 0.05) is 18.4 Å². The van der Waals surface area contributed by atoms with E-state index in [-0.39, 0.29) is 22.6 Å². The minimum Gasteiger partial charge on any atom is -0.391 e. The fourth-order valence-corrected chi connectivity index (χ4v) is 5.91. The van der Waals surface area contributed by atoms with Gasteiger partial charge in [0.25, 0.3) is 0 Å². The minimum atomic E-state index is -3.50. The zero-order chi connectivity index (χ0) is 25.3. The number of thiazole rings is 1. The highest BCUT2D eigenvalue weighted by Gasteiger charge is 2.23. The molecule has 0 amide bonds. The van der Waals surface area contributed by atoms with E-state index in [2.05, 4.69) is 31.7 Å². The van der Waals surface area contributed by atoms with Crippen molar-refractivity contribution in [1.82, 2.24) is 15.0 Å². The number of fused-ring (bicyclic) bond motifs is 1. The Bertz CT molecular complexity index is 1510. The first kappa shape index (κ1) is 24.5. The van der Waals surface area contributed by atoms with Crippen molar-refractivity contribution in [3.8, 4) is 11.3 Å². The average molecular weight is 528 g/mol. The van der Waals surface area contributed by atoms with Crippen LogP contribution in [0.5, 0.6) is 0 Å². The summed E-state index contributed by atoms with van der Waals surface area (Å²) in [6, 6.07) is 9.80. The lowest BCUT2D eigenvalue weighted by Gasteiger charge is -2.27. The van der Waals surface area contributed by atoms with Crippen molar-refractivity contribution in [3.05, 3.63) is 60.2 Å². The smallest absolute Gasteiger partial charge is 0.184 e. The molecule has 4 aromatic rings. The highest BCUT2D eigenvalue weighted by atomic mass is 32.2. The molecule has 36 heavy (non-hydrogen) atoms. The summed E-state index contributed by atoms with van der Waals surface area (Å²) in [6.07, 6.45) is 7.62. The summed E-state index contributed by atoms with van der Waals surface area (Å²) in [5.74, 6) is -0.206. The lowest BCUT2D eigenvalue weighted by Crippen LogP contribution is -2.36. The van der Waals surface area contributed by atoms with Crippen LogP contribution in [0.2, 0.25) is 0 Å². The van der Waals surface area contributed by atoms with E-state index in [1.54, 1.807) is 17.5 Å². The average Bonchev–Trinajstić information content (AvgIpc) is 3.25. The van der Waals surface area contributed by atoms with Gasteiger partial charge in [0.1, 0.15) is 11.6 Å². The molecule has 2 aromatic heterocycles. The molecule has 0 radical (unpaired) electrons. The topological polar surface area (TPSA) is 117 Å². The highest BCUT2D eigenvalue weighted by Crippen LogP contribution is 2.30. The van der Waals surface area contributed by atoms with E-state index in [0.717, 1.165) is 58.9 Å². The number of anilines is 2. The molecule has 11 heteroatoms. The molecule has 1 fully saturated rings. The third kappa shape index (κ3) is 5.48. The van der Waals surface area contributed by atoms with Crippen LogP contribution >= 0.6 is 11.3 Å². The number of rotatable bonds is 7. The summed E-state index contributed by atoms with van der Waals surface area (Å²) in [4.78, 5) is 13.2. The van der Waals surface area contributed by atoms with Crippen molar-refractivity contribution in [1.29, 1.82) is 0 Å². The first-order valence-corrected chi connectivity index (χ1v) is 14.4. The van der Waals surface area contributed by atoms with E-state index in [1.165, 1.54) is 18.3 Å². The summed E-state index contributed by atoms with van der Waals surface area (Å²) in [5, 5.41) is 17.6. The summed E-state index contributed by atoms with van der Waals surface area (Å²) >= 11 is 1.56. The molecule has 2 aromatic carbocycles. The van der Waals surface area contributed by atoms with Gasteiger partial charge in [-0.25, -0.2) is 22.8 Å². The normalized spacial score (nSPS) is 18.3. The Morgan fingerprint density at radius 3 is 2.72 bits per heavy atom. The van der Waals surface area contributed by atoms with Gasteiger partial charge in [0.2, 0.25) is 0 Å². The van der Waals surface area contributed by atoms with Gasteiger partial charge >= 0.3 is 0 Å². The third-order valence-electron chi connectivity index (χ3n) is 6.24. The van der Waals surface area contributed by atoms with E-state index in [4.69, 9.17) is 0 Å². The number of aromatic nitrogens is 3. The third-order valence-corrected chi connectivity index (χ3v) is 8.30. The molecule has 3 N–H and O–H groups in total. The summed E-state index contributed by atoms with van der Waals surface area (Å²) < 4.78 is 39.0. The maximum Gasteiger partial charge on any atom is 0.184 e. The van der Waals surface area contributed by atoms with Gasteiger partial charge in [0.15, 0.2) is 15.0 Å². The zero-order valence-corrected chi connectivity index (χ0v) is 21.2. The van der Waals surface area contributed by atoms with Crippen LogP contribution in [0, 0.1) is 5.82 Å². The minimum absolute atomic E-state index is 0.0405. The number of nitrogens with one attached hydrogen (secondary N) is 2. The molecule has 1 aliphatic carbocycles. The Morgan fingerprint density at radius 2 is 1.94 bits per heavy atom. The van der Waals surface area contributed by atoms with Gasteiger partial charge < -0.3 is 15.7 Å². The van der Waals surface area contributed by atoms with E-state index in [0.29, 0.717) is 18.1 Å². The molecule has 0 bridgehead atoms. The second-order valence-corrected chi connectivity index (χ2v) is 12.0. The lowest BCUT2D eigenvalue weighted by atomic mass is 9.93. The Morgan fingerprint density at radius 1 is 1.11 bits per heavy atom. The van der Waals surface area contributed by atoms with Crippen molar-refractivity contribution in [2.75, 3.05) is 16.9 Å². The molecule has 5 rings (SSSR count). The lowest BCUT2D eigenvalue weighted by molar-refractivity contribution is 0.116. The number of sulfone groups is 1. The van der Waals surface area contributed by atoms with Crippen LogP contribution < -0.4 is 10.6 Å². The predicted octanol–water partition coefficient (Wildman–Crippen LogP) is 4.62. The first-order chi connectivity index (χ1) is 17.3. The van der Waals surface area contributed by atoms with E-state index < -0.39 is 15.7 Å². The van der Waals surface area contributed by atoms with Gasteiger partial charge in [-0.2, -0.15) is 0 Å². The Labute approximate surface area is 212 Å². The number of halogens is 1. The number of benzene rings is 2. The molecular formula is C25H26FN5O3S2. The van der Waals surface area contributed by atoms with E-state index in [9.17, 15) is 17.9 Å². The summed E-state index contributed by atoms with van der Waals surface area (Å²) in [7, 11) is -3.50. The van der Waals surface area contributed by atoms with Crippen LogP contribution in [0.4, 0.5) is 15.3 Å². The van der Waals surface area contributed by atoms with Gasteiger partial charge in [-0.3, -0.25) is 4.98 Å². The number of aliphatic hydroxyl groups excluding tert-OH is 1. The fraction of sp³-hybridized carbons (Fsp3) is 0.320. The molecule has 1 saturated carbocycles. The molecule has 2 atom stereocenters. The van der Waals surface area contributed by atoms with Gasteiger partial charge in [-0.1, -0.05) is 30.2 Å². The van der Waals surface area contributed by atoms with Crippen LogP contribution in [-0.4, -0.2) is 46.9 Å². The SMILES string of the molecule is CS(=O)(=O)c1ccc(-c2cncc(NCc3ccc4nc(NC5CCCC[C@H]5O)sc4c3)n2)c(F)c1.